The Morgan fingerprint density at radius 2 is 2.23 bits per heavy atom. The number of H-pyrrole nitrogens is 1. The number of rotatable bonds is 4. The van der Waals surface area contributed by atoms with Gasteiger partial charge in [0, 0.05) is 23.4 Å². The van der Waals surface area contributed by atoms with Gasteiger partial charge >= 0.3 is 0 Å². The van der Waals surface area contributed by atoms with Crippen molar-refractivity contribution in [1.29, 1.82) is 0 Å². The molecule has 26 heavy (non-hydrogen) atoms. The quantitative estimate of drug-likeness (QED) is 0.756. The number of benzene rings is 1. The minimum atomic E-state index is -1.35. The highest BCUT2D eigenvalue weighted by Crippen LogP contribution is 2.29. The number of hydrogen-bond acceptors (Lipinski definition) is 6. The molecule has 136 valence electrons. The van der Waals surface area contributed by atoms with Gasteiger partial charge in [0.2, 0.25) is 0 Å². The smallest absolute Gasteiger partial charge is 0.197 e. The molecule has 1 atom stereocenters. The lowest BCUT2D eigenvalue weighted by atomic mass is 10.1. The summed E-state index contributed by atoms with van der Waals surface area (Å²) in [6.45, 7) is 3.48. The van der Waals surface area contributed by atoms with Crippen molar-refractivity contribution < 1.29 is 18.4 Å². The van der Waals surface area contributed by atoms with Crippen LogP contribution in [0, 0.1) is 6.92 Å². The van der Waals surface area contributed by atoms with E-state index in [1.807, 2.05) is 25.1 Å². The van der Waals surface area contributed by atoms with Crippen molar-refractivity contribution in [3.05, 3.63) is 41.2 Å². The number of imidazole rings is 1. The molecule has 1 aliphatic rings. The molecule has 8 heteroatoms. The number of pyridine rings is 1. The van der Waals surface area contributed by atoms with Crippen LogP contribution >= 0.6 is 0 Å². The van der Waals surface area contributed by atoms with E-state index in [0.29, 0.717) is 25.0 Å². The van der Waals surface area contributed by atoms with Gasteiger partial charge in [-0.15, -0.1) is 0 Å². The number of aromatic amines is 1. The lowest BCUT2D eigenvalue weighted by molar-refractivity contribution is 0.106. The summed E-state index contributed by atoms with van der Waals surface area (Å²) in [5.41, 5.74) is 4.10. The van der Waals surface area contributed by atoms with Gasteiger partial charge in [-0.2, -0.15) is 0 Å². The Hall–Kier alpha value is -2.45. The maximum Gasteiger partial charge on any atom is 0.197 e. The van der Waals surface area contributed by atoms with Crippen LogP contribution in [0.15, 0.2) is 29.6 Å². The Labute approximate surface area is 153 Å². The van der Waals surface area contributed by atoms with E-state index in [2.05, 4.69) is 15.0 Å². The van der Waals surface area contributed by atoms with E-state index in [-0.39, 0.29) is 5.75 Å². The van der Waals surface area contributed by atoms with Crippen LogP contribution in [0.1, 0.15) is 16.8 Å². The lowest BCUT2D eigenvalue weighted by Gasteiger charge is -2.12. The van der Waals surface area contributed by atoms with E-state index in [9.17, 15) is 4.21 Å². The largest absolute Gasteiger partial charge is 0.497 e. The molecule has 3 heterocycles. The van der Waals surface area contributed by atoms with Crippen LogP contribution in [0.4, 0.5) is 0 Å². The Morgan fingerprint density at radius 1 is 1.35 bits per heavy atom. The predicted molar refractivity (Wildman–Crippen MR) is 96.9 cm³/mol. The number of aromatic nitrogens is 3. The van der Waals surface area contributed by atoms with Crippen LogP contribution in [-0.2, 0) is 27.9 Å². The summed E-state index contributed by atoms with van der Waals surface area (Å²) in [6.07, 6.45) is 1.74. The zero-order valence-electron chi connectivity index (χ0n) is 14.6. The van der Waals surface area contributed by atoms with E-state index in [1.54, 1.807) is 13.3 Å². The number of fused-ring (bicyclic) bond motifs is 2. The van der Waals surface area contributed by atoms with Gasteiger partial charge in [0.05, 0.1) is 53.6 Å². The second-order valence-electron chi connectivity index (χ2n) is 6.00. The molecule has 0 saturated carbocycles. The summed E-state index contributed by atoms with van der Waals surface area (Å²) < 4.78 is 29.3. The van der Waals surface area contributed by atoms with E-state index in [1.165, 1.54) is 0 Å². The van der Waals surface area contributed by atoms with Gasteiger partial charge in [-0.05, 0) is 19.1 Å². The maximum atomic E-state index is 12.8. The first-order valence-electron chi connectivity index (χ1n) is 8.25. The van der Waals surface area contributed by atoms with Gasteiger partial charge in [0.25, 0.3) is 0 Å². The van der Waals surface area contributed by atoms with E-state index in [0.717, 1.165) is 39.4 Å². The van der Waals surface area contributed by atoms with Crippen molar-refractivity contribution in [2.24, 2.45) is 0 Å². The molecular weight excluding hydrogens is 354 g/mol. The van der Waals surface area contributed by atoms with Crippen LogP contribution in [0.3, 0.4) is 0 Å². The molecule has 1 aromatic carbocycles. The topological polar surface area (TPSA) is 86.3 Å². The SMILES string of the molecule is COc1ccc2nc(S(=O)Cc3ncc4c(c3C)OCCOC4)[nH]c2c1. The zero-order chi connectivity index (χ0) is 18.1. The van der Waals surface area contributed by atoms with E-state index in [4.69, 9.17) is 14.2 Å². The molecule has 0 bridgehead atoms. The third kappa shape index (κ3) is 3.17. The Bertz CT molecular complexity index is 986. The minimum absolute atomic E-state index is 0.264. The lowest BCUT2D eigenvalue weighted by Crippen LogP contribution is -2.07. The predicted octanol–water partition coefficient (Wildman–Crippen LogP) is 2.49. The van der Waals surface area contributed by atoms with Crippen molar-refractivity contribution in [3.8, 4) is 11.5 Å². The molecule has 0 radical (unpaired) electrons. The summed E-state index contributed by atoms with van der Waals surface area (Å²) in [6, 6.07) is 5.50. The van der Waals surface area contributed by atoms with Gasteiger partial charge in [-0.1, -0.05) is 0 Å². The van der Waals surface area contributed by atoms with Gasteiger partial charge in [-0.3, -0.25) is 9.19 Å². The van der Waals surface area contributed by atoms with Gasteiger partial charge in [0.15, 0.2) is 5.16 Å². The number of nitrogens with zero attached hydrogens (tertiary/aromatic N) is 2. The summed E-state index contributed by atoms with van der Waals surface area (Å²) in [5, 5.41) is 0.425. The Kier molecular flexibility index (Phi) is 4.60. The molecule has 0 aliphatic carbocycles. The molecule has 0 fully saturated rings. The molecular formula is C18H19N3O4S. The first-order chi connectivity index (χ1) is 12.7. The third-order valence-electron chi connectivity index (χ3n) is 4.32. The summed E-state index contributed by atoms with van der Waals surface area (Å²) in [5.74, 6) is 1.78. The number of ether oxygens (including phenoxy) is 3. The highest BCUT2D eigenvalue weighted by Gasteiger charge is 2.19. The molecule has 7 nitrogen and oxygen atoms in total. The fourth-order valence-electron chi connectivity index (χ4n) is 2.91. The molecule has 0 saturated heterocycles. The normalized spacial score (nSPS) is 15.2. The zero-order valence-corrected chi connectivity index (χ0v) is 15.4. The molecule has 0 spiro atoms. The highest BCUT2D eigenvalue weighted by atomic mass is 32.2. The van der Waals surface area contributed by atoms with Crippen LogP contribution < -0.4 is 9.47 Å². The molecule has 4 rings (SSSR count). The number of methoxy groups -OCH3 is 1. The van der Waals surface area contributed by atoms with Crippen LogP contribution in [-0.4, -0.2) is 39.5 Å². The van der Waals surface area contributed by atoms with Crippen molar-refractivity contribution in [1.82, 2.24) is 15.0 Å². The first-order valence-corrected chi connectivity index (χ1v) is 9.57. The van der Waals surface area contributed by atoms with Crippen molar-refractivity contribution in [3.63, 3.8) is 0 Å². The second-order valence-corrected chi connectivity index (χ2v) is 7.37. The van der Waals surface area contributed by atoms with Crippen LogP contribution in [0.2, 0.25) is 0 Å². The molecule has 1 N–H and O–H groups in total. The fraction of sp³-hybridized carbons (Fsp3) is 0.333. The van der Waals surface area contributed by atoms with E-state index < -0.39 is 10.8 Å². The molecule has 2 aromatic heterocycles. The third-order valence-corrected chi connectivity index (χ3v) is 5.48. The first kappa shape index (κ1) is 17.0. The van der Waals surface area contributed by atoms with E-state index >= 15 is 0 Å². The van der Waals surface area contributed by atoms with Crippen LogP contribution in [0.5, 0.6) is 11.5 Å². The average Bonchev–Trinajstić information content (AvgIpc) is 2.93. The van der Waals surface area contributed by atoms with Gasteiger partial charge < -0.3 is 19.2 Å². The number of hydrogen-bond donors (Lipinski definition) is 1. The molecule has 1 aliphatic heterocycles. The summed E-state index contributed by atoms with van der Waals surface area (Å²) in [4.78, 5) is 12.0. The standard InChI is InChI=1S/C18H19N3O4S/c1-11-16(19-8-12-9-24-5-6-25-17(11)12)10-26(22)18-20-14-4-3-13(23-2)7-15(14)21-18/h3-4,7-8H,5-6,9-10H2,1-2H3,(H,20,21). The maximum absolute atomic E-state index is 12.8. The van der Waals surface area contributed by atoms with Crippen molar-refractivity contribution >= 4 is 21.8 Å². The van der Waals surface area contributed by atoms with Crippen molar-refractivity contribution in [2.75, 3.05) is 20.3 Å². The summed E-state index contributed by atoms with van der Waals surface area (Å²) >= 11 is 0. The average molecular weight is 373 g/mol. The highest BCUT2D eigenvalue weighted by molar-refractivity contribution is 7.84. The Balaban J connectivity index is 1.61. The minimum Gasteiger partial charge on any atom is -0.497 e. The Morgan fingerprint density at radius 3 is 3.08 bits per heavy atom. The van der Waals surface area contributed by atoms with Gasteiger partial charge in [-0.25, -0.2) is 4.98 Å². The fourth-order valence-corrected chi connectivity index (χ4v) is 4.01. The molecule has 1 unspecified atom stereocenters. The van der Waals surface area contributed by atoms with Crippen molar-refractivity contribution in [2.45, 2.75) is 24.4 Å². The molecule has 0 amide bonds. The molecule has 3 aromatic rings. The second kappa shape index (κ2) is 7.05. The number of nitrogens with one attached hydrogen (secondary N) is 1. The van der Waals surface area contributed by atoms with Gasteiger partial charge in [0.1, 0.15) is 18.1 Å². The summed E-state index contributed by atoms with van der Waals surface area (Å²) in [7, 11) is 0.260. The van der Waals surface area contributed by atoms with Crippen LogP contribution in [0.25, 0.3) is 11.0 Å². The monoisotopic (exact) mass is 373 g/mol.